The van der Waals surface area contributed by atoms with Gasteiger partial charge in [0.25, 0.3) is 10.0 Å². The molecular weight excluding hydrogens is 290 g/mol. The van der Waals surface area contributed by atoms with Crippen LogP contribution in [0.5, 0.6) is 0 Å². The van der Waals surface area contributed by atoms with Crippen LogP contribution in [-0.2, 0) is 16.6 Å². The molecule has 21 heavy (non-hydrogen) atoms. The number of hydrogen-bond donors (Lipinski definition) is 3. The lowest BCUT2D eigenvalue weighted by Gasteiger charge is -2.19. The second-order valence-corrected chi connectivity index (χ2v) is 7.10. The monoisotopic (exact) mass is 315 g/mol. The van der Waals surface area contributed by atoms with E-state index in [9.17, 15) is 8.42 Å². The predicted molar refractivity (Wildman–Crippen MR) is 81.5 cm³/mol. The first kappa shape index (κ1) is 16.4. The second-order valence-electron chi connectivity index (χ2n) is 5.42. The number of sulfonamides is 1. The standard InChI is InChI=1S/C13H25N5O2S/c1-4-18(11-5-6-11)8-7-15-21(19,20)13-12(9-14-3)10(2)16-17-13/h11,14-15H,4-9H2,1-3H3,(H,16,17). The molecule has 0 spiro atoms. The molecule has 1 aliphatic carbocycles. The van der Waals surface area contributed by atoms with Crippen LogP contribution in [0.1, 0.15) is 31.0 Å². The van der Waals surface area contributed by atoms with Crippen molar-refractivity contribution in [3.05, 3.63) is 11.3 Å². The lowest BCUT2D eigenvalue weighted by Crippen LogP contribution is -2.36. The Bertz CT molecular complexity index is 565. The summed E-state index contributed by atoms with van der Waals surface area (Å²) in [5.41, 5.74) is 1.47. The summed E-state index contributed by atoms with van der Waals surface area (Å²) >= 11 is 0. The Kier molecular flexibility index (Phi) is 5.37. The molecule has 120 valence electrons. The Balaban J connectivity index is 1.98. The molecule has 1 aromatic rings. The number of nitrogens with one attached hydrogen (secondary N) is 3. The molecule has 0 unspecified atom stereocenters. The van der Waals surface area contributed by atoms with Crippen molar-refractivity contribution < 1.29 is 8.42 Å². The van der Waals surface area contributed by atoms with E-state index in [1.165, 1.54) is 12.8 Å². The first-order valence-electron chi connectivity index (χ1n) is 7.41. The second kappa shape index (κ2) is 6.87. The van der Waals surface area contributed by atoms with E-state index >= 15 is 0 Å². The van der Waals surface area contributed by atoms with Crippen molar-refractivity contribution in [1.82, 2.24) is 25.1 Å². The molecule has 8 heteroatoms. The first-order chi connectivity index (χ1) is 9.99. The number of likely N-dealkylation sites (N-methyl/N-ethyl adjacent to an activating group) is 1. The van der Waals surface area contributed by atoms with E-state index in [0.717, 1.165) is 18.8 Å². The van der Waals surface area contributed by atoms with Crippen molar-refractivity contribution in [2.75, 3.05) is 26.7 Å². The maximum atomic E-state index is 12.4. The molecule has 0 aromatic carbocycles. The van der Waals surface area contributed by atoms with Gasteiger partial charge in [-0.1, -0.05) is 6.92 Å². The summed E-state index contributed by atoms with van der Waals surface area (Å²) < 4.78 is 27.4. The van der Waals surface area contributed by atoms with Crippen LogP contribution in [-0.4, -0.2) is 56.2 Å². The Morgan fingerprint density at radius 3 is 2.71 bits per heavy atom. The molecule has 0 aliphatic heterocycles. The molecule has 0 atom stereocenters. The van der Waals surface area contributed by atoms with Crippen LogP contribution >= 0.6 is 0 Å². The van der Waals surface area contributed by atoms with Gasteiger partial charge in [0.2, 0.25) is 0 Å². The van der Waals surface area contributed by atoms with Crippen LogP contribution in [0.25, 0.3) is 0 Å². The molecule has 1 fully saturated rings. The quantitative estimate of drug-likeness (QED) is 0.606. The van der Waals surface area contributed by atoms with Gasteiger partial charge in [0.15, 0.2) is 5.03 Å². The minimum Gasteiger partial charge on any atom is -0.316 e. The van der Waals surface area contributed by atoms with E-state index in [1.807, 2.05) is 6.92 Å². The number of hydrogen-bond acceptors (Lipinski definition) is 5. The highest BCUT2D eigenvalue weighted by Crippen LogP contribution is 2.25. The van der Waals surface area contributed by atoms with E-state index in [4.69, 9.17) is 0 Å². The molecule has 0 amide bonds. The third kappa shape index (κ3) is 4.03. The highest BCUT2D eigenvalue weighted by atomic mass is 32.2. The molecule has 7 nitrogen and oxygen atoms in total. The number of aromatic nitrogens is 2. The number of aryl methyl sites for hydroxylation is 1. The topological polar surface area (TPSA) is 90.1 Å². The summed E-state index contributed by atoms with van der Waals surface area (Å²) in [4.78, 5) is 2.31. The van der Waals surface area contributed by atoms with Gasteiger partial charge in [0.05, 0.1) is 0 Å². The van der Waals surface area contributed by atoms with Crippen LogP contribution < -0.4 is 10.0 Å². The Morgan fingerprint density at radius 1 is 1.43 bits per heavy atom. The summed E-state index contributed by atoms with van der Waals surface area (Å²) in [5.74, 6) is 0. The normalized spacial score (nSPS) is 15.8. The fourth-order valence-corrected chi connectivity index (χ4v) is 3.68. The SMILES string of the molecule is CCN(CCNS(=O)(=O)c1n[nH]c(C)c1CNC)C1CC1. The van der Waals surface area contributed by atoms with Gasteiger partial charge in [-0.2, -0.15) is 5.10 Å². The average Bonchev–Trinajstić information content (AvgIpc) is 3.21. The molecule has 3 N–H and O–H groups in total. The summed E-state index contributed by atoms with van der Waals surface area (Å²) in [7, 11) is -1.78. The van der Waals surface area contributed by atoms with Gasteiger partial charge in [0, 0.05) is 36.9 Å². The van der Waals surface area contributed by atoms with E-state index < -0.39 is 10.0 Å². The van der Waals surface area contributed by atoms with E-state index in [1.54, 1.807) is 7.05 Å². The molecule has 0 radical (unpaired) electrons. The van der Waals surface area contributed by atoms with E-state index in [0.29, 0.717) is 24.7 Å². The summed E-state index contributed by atoms with van der Waals surface area (Å²) in [6.45, 7) is 6.52. The predicted octanol–water partition coefficient (Wildman–Crippen LogP) is 0.200. The largest absolute Gasteiger partial charge is 0.316 e. The van der Waals surface area contributed by atoms with Crippen LogP contribution in [0.3, 0.4) is 0 Å². The van der Waals surface area contributed by atoms with Gasteiger partial charge < -0.3 is 5.32 Å². The molecular formula is C13H25N5O2S. The smallest absolute Gasteiger partial charge is 0.260 e. The van der Waals surface area contributed by atoms with E-state index in [2.05, 4.69) is 32.1 Å². The zero-order valence-electron chi connectivity index (χ0n) is 12.9. The van der Waals surface area contributed by atoms with Crippen molar-refractivity contribution in [3.8, 4) is 0 Å². The zero-order valence-corrected chi connectivity index (χ0v) is 13.8. The van der Waals surface area contributed by atoms with Gasteiger partial charge in [0.1, 0.15) is 0 Å². The van der Waals surface area contributed by atoms with Gasteiger partial charge in [-0.05, 0) is 33.4 Å². The third-order valence-electron chi connectivity index (χ3n) is 3.80. The van der Waals surface area contributed by atoms with Gasteiger partial charge >= 0.3 is 0 Å². The fraction of sp³-hybridized carbons (Fsp3) is 0.769. The average molecular weight is 315 g/mol. The Hall–Kier alpha value is -0.960. The summed E-state index contributed by atoms with van der Waals surface area (Å²) in [5, 5.41) is 9.76. The summed E-state index contributed by atoms with van der Waals surface area (Å²) in [6.07, 6.45) is 2.46. The minimum absolute atomic E-state index is 0.101. The van der Waals surface area contributed by atoms with Crippen LogP contribution in [0.15, 0.2) is 5.03 Å². The Morgan fingerprint density at radius 2 is 2.14 bits per heavy atom. The van der Waals surface area contributed by atoms with Gasteiger partial charge in [-0.25, -0.2) is 13.1 Å². The summed E-state index contributed by atoms with van der Waals surface area (Å²) in [6, 6.07) is 0.645. The number of H-pyrrole nitrogens is 1. The molecule has 2 rings (SSSR count). The van der Waals surface area contributed by atoms with Crippen molar-refractivity contribution in [2.24, 2.45) is 0 Å². The van der Waals surface area contributed by atoms with Gasteiger partial charge in [-0.15, -0.1) is 0 Å². The number of nitrogens with zero attached hydrogens (tertiary/aromatic N) is 2. The van der Waals surface area contributed by atoms with Crippen LogP contribution in [0, 0.1) is 6.92 Å². The first-order valence-corrected chi connectivity index (χ1v) is 8.90. The lowest BCUT2D eigenvalue weighted by atomic mass is 10.3. The number of rotatable bonds is 9. The van der Waals surface area contributed by atoms with Crippen molar-refractivity contribution in [1.29, 1.82) is 0 Å². The minimum atomic E-state index is -3.56. The molecule has 0 saturated heterocycles. The fourth-order valence-electron chi connectivity index (χ4n) is 2.47. The van der Waals surface area contributed by atoms with Crippen LogP contribution in [0.4, 0.5) is 0 Å². The maximum Gasteiger partial charge on any atom is 0.260 e. The highest BCUT2D eigenvalue weighted by Gasteiger charge is 2.28. The Labute approximate surface area is 126 Å². The molecule has 0 bridgehead atoms. The van der Waals surface area contributed by atoms with E-state index in [-0.39, 0.29) is 5.03 Å². The lowest BCUT2D eigenvalue weighted by molar-refractivity contribution is 0.282. The molecule has 1 aliphatic rings. The third-order valence-corrected chi connectivity index (χ3v) is 5.24. The molecule has 1 aromatic heterocycles. The van der Waals surface area contributed by atoms with Crippen molar-refractivity contribution in [3.63, 3.8) is 0 Å². The number of aromatic amines is 1. The van der Waals surface area contributed by atoms with Gasteiger partial charge in [-0.3, -0.25) is 10.00 Å². The molecule has 1 saturated carbocycles. The van der Waals surface area contributed by atoms with Crippen molar-refractivity contribution >= 4 is 10.0 Å². The van der Waals surface area contributed by atoms with Crippen molar-refractivity contribution in [2.45, 2.75) is 44.3 Å². The maximum absolute atomic E-state index is 12.4. The highest BCUT2D eigenvalue weighted by molar-refractivity contribution is 7.89. The van der Waals surface area contributed by atoms with Crippen LogP contribution in [0.2, 0.25) is 0 Å². The molecule has 1 heterocycles. The zero-order chi connectivity index (χ0) is 15.5.